The number of esters is 1. The number of hydrogen-bond donors (Lipinski definition) is 3. The van der Waals surface area contributed by atoms with E-state index in [4.69, 9.17) is 30.7 Å². The van der Waals surface area contributed by atoms with Gasteiger partial charge in [-0.15, -0.1) is 0 Å². The highest BCUT2D eigenvalue weighted by molar-refractivity contribution is 7.71. The zero-order chi connectivity index (χ0) is 26.6. The molecule has 2 heterocycles. The van der Waals surface area contributed by atoms with Gasteiger partial charge in [-0.05, 0) is 39.8 Å². The van der Waals surface area contributed by atoms with E-state index in [1.54, 1.807) is 64.2 Å². The number of nitrogens with one attached hydrogen (secondary N) is 2. The van der Waals surface area contributed by atoms with Crippen LogP contribution in [0.25, 0.3) is 0 Å². The van der Waals surface area contributed by atoms with E-state index >= 15 is 0 Å². The summed E-state index contributed by atoms with van der Waals surface area (Å²) in [5.74, 6) is -0.881. The van der Waals surface area contributed by atoms with Gasteiger partial charge >= 0.3 is 19.4 Å². The van der Waals surface area contributed by atoms with E-state index in [1.165, 1.54) is 11.5 Å². The van der Waals surface area contributed by atoms with Gasteiger partial charge in [-0.25, -0.2) is 9.36 Å². The van der Waals surface area contributed by atoms with E-state index in [2.05, 4.69) is 10.1 Å². The minimum absolute atomic E-state index is 0.249. The summed E-state index contributed by atoms with van der Waals surface area (Å²) in [5, 5.41) is 13.4. The van der Waals surface area contributed by atoms with E-state index in [0.29, 0.717) is 10.2 Å². The number of hydrogen-bond acceptors (Lipinski definition) is 9. The first kappa shape index (κ1) is 28.2. The summed E-state index contributed by atoms with van der Waals surface area (Å²) < 4.78 is 37.6. The maximum absolute atomic E-state index is 13.6. The number of carbonyl (C=O) groups is 1. The molecule has 0 amide bonds. The van der Waals surface area contributed by atoms with Gasteiger partial charge in [-0.1, -0.05) is 37.3 Å². The first-order chi connectivity index (χ1) is 16.9. The molecule has 0 saturated carbocycles. The Balaban J connectivity index is 1.77. The number of nitrogens with zero attached hydrogens (tertiary/aromatic N) is 1. The highest BCUT2D eigenvalue weighted by Gasteiger charge is 2.44. The van der Waals surface area contributed by atoms with Crippen LogP contribution in [0, 0.1) is 17.5 Å². The Labute approximate surface area is 214 Å². The van der Waals surface area contributed by atoms with E-state index in [9.17, 15) is 19.3 Å². The first-order valence-electron chi connectivity index (χ1n) is 11.5. The molecule has 36 heavy (non-hydrogen) atoms. The van der Waals surface area contributed by atoms with Crippen molar-refractivity contribution in [1.29, 1.82) is 0 Å². The van der Waals surface area contributed by atoms with E-state index < -0.39 is 49.8 Å². The average Bonchev–Trinajstić information content (AvgIpc) is 3.08. The SMILES string of the molecule is Cc1cn([C@H]2O[C@@H](CO[P@@](=O)(N[C@@H](C)C(=O)OC(C)C)Oc3ccccc3)C(O)[C@H]2C)c(=O)[nH]c1=S. The molecule has 1 aliphatic rings. The second-order valence-corrected chi connectivity index (χ2v) is 11.0. The van der Waals surface area contributed by atoms with Gasteiger partial charge in [0.25, 0.3) is 0 Å². The van der Waals surface area contributed by atoms with Gasteiger partial charge in [0.15, 0.2) is 0 Å². The normalized spacial score (nSPS) is 24.3. The van der Waals surface area contributed by atoms with Crippen LogP contribution >= 0.6 is 20.0 Å². The van der Waals surface area contributed by atoms with Gasteiger partial charge in [0.1, 0.15) is 28.8 Å². The molecule has 6 atom stereocenters. The number of aromatic nitrogens is 2. The molecule has 1 aliphatic heterocycles. The van der Waals surface area contributed by atoms with Crippen LogP contribution in [0.4, 0.5) is 0 Å². The molecule has 13 heteroatoms. The fourth-order valence-electron chi connectivity index (χ4n) is 3.63. The summed E-state index contributed by atoms with van der Waals surface area (Å²) >= 11 is 5.10. The van der Waals surface area contributed by atoms with Gasteiger partial charge in [0.05, 0.1) is 18.8 Å². The third kappa shape index (κ3) is 6.90. The Morgan fingerprint density at radius 3 is 2.61 bits per heavy atom. The van der Waals surface area contributed by atoms with Gasteiger partial charge in [0.2, 0.25) is 0 Å². The lowest BCUT2D eigenvalue weighted by Crippen LogP contribution is -2.37. The molecule has 1 aromatic heterocycles. The number of para-hydroxylation sites is 1. The Kier molecular flexibility index (Phi) is 9.26. The summed E-state index contributed by atoms with van der Waals surface area (Å²) in [4.78, 5) is 27.3. The largest absolute Gasteiger partial charge is 0.462 e. The molecule has 1 fully saturated rings. The molecule has 2 aromatic rings. The predicted octanol–water partition coefficient (Wildman–Crippen LogP) is 3.24. The number of aromatic amines is 1. The number of ether oxygens (including phenoxy) is 2. The summed E-state index contributed by atoms with van der Waals surface area (Å²) in [6, 6.07) is 7.30. The van der Waals surface area contributed by atoms with Gasteiger partial charge in [0, 0.05) is 17.7 Å². The summed E-state index contributed by atoms with van der Waals surface area (Å²) in [7, 11) is -4.14. The van der Waals surface area contributed by atoms with Crippen molar-refractivity contribution in [3.63, 3.8) is 0 Å². The lowest BCUT2D eigenvalue weighted by molar-refractivity contribution is -0.149. The number of aliphatic hydroxyl groups excluding tert-OH is 1. The maximum atomic E-state index is 13.6. The lowest BCUT2D eigenvalue weighted by Gasteiger charge is -2.25. The Bertz CT molecular complexity index is 1220. The Morgan fingerprint density at radius 1 is 1.31 bits per heavy atom. The van der Waals surface area contributed by atoms with Gasteiger partial charge < -0.3 is 19.1 Å². The summed E-state index contributed by atoms with van der Waals surface area (Å²) in [6.45, 7) is 8.00. The van der Waals surface area contributed by atoms with E-state index in [0.717, 1.165) is 0 Å². The number of aryl methyl sites for hydroxylation is 1. The third-order valence-corrected chi connectivity index (χ3v) is 7.61. The monoisotopic (exact) mass is 541 g/mol. The number of H-pyrrole nitrogens is 1. The quantitative estimate of drug-likeness (QED) is 0.233. The second kappa shape index (κ2) is 11.8. The molecule has 1 unspecified atom stereocenters. The molecule has 1 aromatic carbocycles. The molecule has 1 saturated heterocycles. The summed E-state index contributed by atoms with van der Waals surface area (Å²) in [5.41, 5.74) is 0.190. The highest BCUT2D eigenvalue weighted by atomic mass is 32.1. The van der Waals surface area contributed by atoms with E-state index in [-0.39, 0.29) is 18.5 Å². The van der Waals surface area contributed by atoms with Crippen LogP contribution in [0.1, 0.15) is 39.5 Å². The van der Waals surface area contributed by atoms with Crippen LogP contribution < -0.4 is 15.3 Å². The Hall–Kier alpha value is -2.34. The zero-order valence-electron chi connectivity index (χ0n) is 20.7. The molecule has 0 aliphatic carbocycles. The van der Waals surface area contributed by atoms with Crippen molar-refractivity contribution < 1.29 is 33.0 Å². The third-order valence-electron chi connectivity index (χ3n) is 5.54. The molecular formula is C23H32N3O8PS. The molecule has 0 bridgehead atoms. The topological polar surface area (TPSA) is 141 Å². The van der Waals surface area contributed by atoms with Gasteiger partial charge in [-0.2, -0.15) is 5.09 Å². The van der Waals surface area contributed by atoms with Crippen molar-refractivity contribution in [2.75, 3.05) is 6.61 Å². The summed E-state index contributed by atoms with van der Waals surface area (Å²) in [6.07, 6.45) is -1.59. The number of benzene rings is 1. The fraction of sp³-hybridized carbons (Fsp3) is 0.522. The predicted molar refractivity (Wildman–Crippen MR) is 134 cm³/mol. The average molecular weight is 542 g/mol. The molecule has 0 spiro atoms. The molecule has 3 N–H and O–H groups in total. The van der Waals surface area contributed by atoms with Crippen molar-refractivity contribution in [3.05, 3.63) is 57.2 Å². The molecule has 198 valence electrons. The van der Waals surface area contributed by atoms with Gasteiger partial charge in [-0.3, -0.25) is 18.9 Å². The standard InChI is InChI=1S/C23H32N3O8PS/c1-13(2)32-22(28)16(5)25-35(30,34-17-9-7-6-8-10-17)31-12-18-19(27)15(4)21(33-18)26-11-14(3)20(36)24-23(26)29/h6-11,13,15-16,18-19,21,27H,12H2,1-5H3,(H,25,30)(H,24,29,36)/t15-,16+,18+,19?,21+,35+/m1/s1. The molecular weight excluding hydrogens is 509 g/mol. The van der Waals surface area contributed by atoms with Crippen LogP contribution in [0.5, 0.6) is 5.75 Å². The van der Waals surface area contributed by atoms with Crippen LogP contribution in [0.3, 0.4) is 0 Å². The van der Waals surface area contributed by atoms with Crippen LogP contribution in [-0.2, 0) is 23.4 Å². The van der Waals surface area contributed by atoms with Crippen molar-refractivity contribution in [1.82, 2.24) is 14.6 Å². The molecule has 3 rings (SSSR count). The minimum Gasteiger partial charge on any atom is -0.462 e. The smallest absolute Gasteiger partial charge is 0.459 e. The van der Waals surface area contributed by atoms with Crippen LogP contribution in [-0.4, -0.2) is 51.6 Å². The zero-order valence-corrected chi connectivity index (χ0v) is 22.5. The molecule has 11 nitrogen and oxygen atoms in total. The van der Waals surface area contributed by atoms with Crippen molar-refractivity contribution in [2.45, 2.75) is 65.2 Å². The minimum atomic E-state index is -4.14. The maximum Gasteiger partial charge on any atom is 0.459 e. The number of carbonyl (C=O) groups excluding carboxylic acids is 1. The second-order valence-electron chi connectivity index (χ2n) is 8.93. The van der Waals surface area contributed by atoms with Crippen molar-refractivity contribution in [2.24, 2.45) is 5.92 Å². The van der Waals surface area contributed by atoms with Crippen LogP contribution in [0.2, 0.25) is 0 Å². The van der Waals surface area contributed by atoms with Crippen LogP contribution in [0.15, 0.2) is 41.3 Å². The number of aliphatic hydroxyl groups is 1. The lowest BCUT2D eigenvalue weighted by atomic mass is 10.0. The molecule has 0 radical (unpaired) electrons. The van der Waals surface area contributed by atoms with Crippen molar-refractivity contribution in [3.8, 4) is 5.75 Å². The van der Waals surface area contributed by atoms with E-state index in [1.807, 2.05) is 0 Å². The van der Waals surface area contributed by atoms with Crippen molar-refractivity contribution >= 4 is 25.9 Å². The highest BCUT2D eigenvalue weighted by Crippen LogP contribution is 2.46. The Morgan fingerprint density at radius 2 is 1.97 bits per heavy atom. The fourth-order valence-corrected chi connectivity index (χ4v) is 5.27. The number of rotatable bonds is 10. The first-order valence-corrected chi connectivity index (χ1v) is 13.5.